The van der Waals surface area contributed by atoms with Crippen molar-refractivity contribution >= 4 is 27.5 Å². The third-order valence-electron chi connectivity index (χ3n) is 5.95. The van der Waals surface area contributed by atoms with E-state index in [9.17, 15) is 0 Å². The zero-order valence-corrected chi connectivity index (χ0v) is 20.9. The number of anilines is 1. The van der Waals surface area contributed by atoms with Crippen LogP contribution < -0.4 is 19.5 Å². The second kappa shape index (κ2) is 10.2. The Bertz CT molecular complexity index is 1320. The number of benzene rings is 2. The van der Waals surface area contributed by atoms with Gasteiger partial charge in [0.25, 0.3) is 0 Å². The number of fused-ring (bicyclic) bond motifs is 2. The van der Waals surface area contributed by atoms with Gasteiger partial charge in [-0.15, -0.1) is 0 Å². The van der Waals surface area contributed by atoms with Crippen LogP contribution in [0.5, 0.6) is 17.2 Å². The lowest BCUT2D eigenvalue weighted by molar-refractivity contribution is 0.340. The van der Waals surface area contributed by atoms with E-state index in [-0.39, 0.29) is 5.92 Å². The highest BCUT2D eigenvalue weighted by molar-refractivity contribution is 5.91. The first-order chi connectivity index (χ1) is 16.5. The summed E-state index contributed by atoms with van der Waals surface area (Å²) in [6.07, 6.45) is 2.67. The zero-order chi connectivity index (χ0) is 24.2. The quantitative estimate of drug-likeness (QED) is 0.315. The molecule has 0 aliphatic rings. The molecule has 0 atom stereocenters. The van der Waals surface area contributed by atoms with E-state index in [4.69, 9.17) is 24.2 Å². The molecule has 2 aromatic carbocycles. The zero-order valence-electron chi connectivity index (χ0n) is 20.9. The van der Waals surface area contributed by atoms with Crippen LogP contribution >= 0.6 is 0 Å². The number of hydrogen-bond donors (Lipinski definition) is 1. The summed E-state index contributed by atoms with van der Waals surface area (Å²) in [6.45, 7) is 9.81. The van der Waals surface area contributed by atoms with Crippen molar-refractivity contribution in [2.24, 2.45) is 0 Å². The van der Waals surface area contributed by atoms with Gasteiger partial charge in [0.2, 0.25) is 0 Å². The Kier molecular flexibility index (Phi) is 7.06. The van der Waals surface area contributed by atoms with Gasteiger partial charge in [0.1, 0.15) is 11.6 Å². The van der Waals surface area contributed by atoms with Crippen molar-refractivity contribution in [3.63, 3.8) is 0 Å². The van der Waals surface area contributed by atoms with Crippen molar-refractivity contribution in [3.05, 3.63) is 59.4 Å². The molecule has 0 radical (unpaired) electrons. The van der Waals surface area contributed by atoms with Crippen molar-refractivity contribution in [1.29, 1.82) is 0 Å². The monoisotopic (exact) mass is 459 g/mol. The Morgan fingerprint density at radius 3 is 2.29 bits per heavy atom. The molecule has 0 amide bonds. The Morgan fingerprint density at radius 2 is 1.65 bits per heavy atom. The van der Waals surface area contributed by atoms with Crippen LogP contribution in [0.2, 0.25) is 0 Å². The van der Waals surface area contributed by atoms with Gasteiger partial charge in [-0.1, -0.05) is 13.8 Å². The Balaban J connectivity index is 1.88. The van der Waals surface area contributed by atoms with E-state index in [1.54, 1.807) is 14.2 Å². The highest BCUT2D eigenvalue weighted by atomic mass is 16.5. The second-order valence-corrected chi connectivity index (χ2v) is 8.57. The molecule has 6 nitrogen and oxygen atoms in total. The first-order valence-corrected chi connectivity index (χ1v) is 11.8. The lowest BCUT2D eigenvalue weighted by Gasteiger charge is -2.17. The molecular formula is C28H33N3O3. The number of ether oxygens (including phenoxy) is 3. The topological polar surface area (TPSA) is 65.5 Å². The molecular weight excluding hydrogens is 426 g/mol. The van der Waals surface area contributed by atoms with Crippen molar-refractivity contribution in [3.8, 4) is 17.2 Å². The molecule has 6 heteroatoms. The van der Waals surface area contributed by atoms with Gasteiger partial charge in [0, 0.05) is 29.9 Å². The minimum Gasteiger partial charge on any atom is -0.494 e. The van der Waals surface area contributed by atoms with Gasteiger partial charge in [-0.2, -0.15) is 0 Å². The first-order valence-electron chi connectivity index (χ1n) is 11.8. The highest BCUT2D eigenvalue weighted by Gasteiger charge is 2.17. The van der Waals surface area contributed by atoms with Crippen LogP contribution in [0.4, 0.5) is 5.82 Å². The van der Waals surface area contributed by atoms with Gasteiger partial charge in [-0.3, -0.25) is 4.98 Å². The molecule has 0 spiro atoms. The Hall–Kier alpha value is -3.54. The Morgan fingerprint density at radius 1 is 0.912 bits per heavy atom. The summed E-state index contributed by atoms with van der Waals surface area (Å²) in [5.41, 5.74) is 4.21. The van der Waals surface area contributed by atoms with Gasteiger partial charge in [-0.05, 0) is 72.7 Å². The number of hydrogen-bond acceptors (Lipinski definition) is 6. The normalized spacial score (nSPS) is 11.3. The molecule has 0 saturated carbocycles. The lowest BCUT2D eigenvalue weighted by Crippen LogP contribution is -2.06. The number of nitrogens with one attached hydrogen (secondary N) is 1. The summed E-state index contributed by atoms with van der Waals surface area (Å²) in [4.78, 5) is 9.77. The van der Waals surface area contributed by atoms with Crippen molar-refractivity contribution in [2.45, 2.75) is 40.0 Å². The maximum Gasteiger partial charge on any atom is 0.161 e. The molecule has 34 heavy (non-hydrogen) atoms. The maximum absolute atomic E-state index is 5.71. The summed E-state index contributed by atoms with van der Waals surface area (Å²) >= 11 is 0. The summed E-state index contributed by atoms with van der Waals surface area (Å²) in [5, 5.41) is 6.69. The lowest BCUT2D eigenvalue weighted by atomic mass is 9.95. The molecule has 0 unspecified atom stereocenters. The van der Waals surface area contributed by atoms with E-state index in [2.05, 4.69) is 44.3 Å². The molecule has 178 valence electrons. The van der Waals surface area contributed by atoms with Crippen molar-refractivity contribution < 1.29 is 14.2 Å². The molecule has 0 fully saturated rings. The molecule has 4 rings (SSSR count). The summed E-state index contributed by atoms with van der Waals surface area (Å²) in [6, 6.07) is 12.3. The molecule has 0 aliphatic heterocycles. The van der Waals surface area contributed by atoms with Gasteiger partial charge in [0.05, 0.1) is 32.0 Å². The first kappa shape index (κ1) is 23.6. The fraction of sp³-hybridized carbons (Fsp3) is 0.357. The molecule has 0 bridgehead atoms. The van der Waals surface area contributed by atoms with E-state index in [1.807, 2.05) is 31.3 Å². The largest absolute Gasteiger partial charge is 0.494 e. The van der Waals surface area contributed by atoms with Crippen molar-refractivity contribution in [2.75, 3.05) is 32.7 Å². The fourth-order valence-electron chi connectivity index (χ4n) is 4.36. The number of nitrogens with zero attached hydrogens (tertiary/aromatic N) is 2. The third-order valence-corrected chi connectivity index (χ3v) is 5.95. The minimum absolute atomic E-state index is 0.284. The second-order valence-electron chi connectivity index (χ2n) is 8.57. The van der Waals surface area contributed by atoms with Crippen LogP contribution in [0.1, 0.15) is 50.4 Å². The number of rotatable bonds is 9. The van der Waals surface area contributed by atoms with Crippen LogP contribution in [-0.2, 0) is 6.42 Å². The fourth-order valence-corrected chi connectivity index (χ4v) is 4.36. The number of methoxy groups -OCH3 is 2. The smallest absolute Gasteiger partial charge is 0.161 e. The maximum atomic E-state index is 5.71. The van der Waals surface area contributed by atoms with Gasteiger partial charge in [-0.25, -0.2) is 4.98 Å². The molecule has 0 saturated heterocycles. The molecule has 4 aromatic rings. The summed E-state index contributed by atoms with van der Waals surface area (Å²) in [7, 11) is 3.33. The standard InChI is InChI=1S/C28H33N3O3/c1-7-29-28-19(11-18-13-21(34-8-2)9-10-24(18)31-28)12-20-16-30-27(17(3)4)23-15-26(33-6)25(32-5)14-22(20)23/h9-11,13-17H,7-8,12H2,1-6H3,(H,29,31). The predicted octanol–water partition coefficient (Wildman–Crippen LogP) is 6.34. The van der Waals surface area contributed by atoms with E-state index < -0.39 is 0 Å². The number of aromatic nitrogens is 2. The Labute approximate surface area is 201 Å². The average Bonchev–Trinajstić information content (AvgIpc) is 2.83. The minimum atomic E-state index is 0.284. The molecule has 2 aromatic heterocycles. The van der Waals surface area contributed by atoms with Crippen LogP contribution in [0.3, 0.4) is 0 Å². The van der Waals surface area contributed by atoms with Crippen LogP contribution in [-0.4, -0.2) is 37.3 Å². The van der Waals surface area contributed by atoms with E-state index in [0.29, 0.717) is 24.5 Å². The van der Waals surface area contributed by atoms with Crippen LogP contribution in [0, 0.1) is 0 Å². The number of pyridine rings is 2. The van der Waals surface area contributed by atoms with E-state index in [1.165, 1.54) is 0 Å². The van der Waals surface area contributed by atoms with Gasteiger partial charge in [0.15, 0.2) is 11.5 Å². The summed E-state index contributed by atoms with van der Waals surface area (Å²) < 4.78 is 16.9. The predicted molar refractivity (Wildman–Crippen MR) is 139 cm³/mol. The van der Waals surface area contributed by atoms with Gasteiger partial charge >= 0.3 is 0 Å². The molecule has 0 aliphatic carbocycles. The average molecular weight is 460 g/mol. The van der Waals surface area contributed by atoms with Crippen molar-refractivity contribution in [1.82, 2.24) is 9.97 Å². The third kappa shape index (κ3) is 4.58. The van der Waals surface area contributed by atoms with E-state index >= 15 is 0 Å². The molecule has 2 heterocycles. The van der Waals surface area contributed by atoms with E-state index in [0.717, 1.165) is 56.6 Å². The van der Waals surface area contributed by atoms with Gasteiger partial charge < -0.3 is 19.5 Å². The summed E-state index contributed by atoms with van der Waals surface area (Å²) in [5.74, 6) is 3.44. The van der Waals surface area contributed by atoms with Crippen LogP contribution in [0.25, 0.3) is 21.7 Å². The van der Waals surface area contributed by atoms with Crippen LogP contribution in [0.15, 0.2) is 42.6 Å². The molecule has 1 N–H and O–H groups in total. The highest BCUT2D eigenvalue weighted by Crippen LogP contribution is 2.37. The SMILES string of the molecule is CCNc1nc2ccc(OCC)cc2cc1Cc1cnc(C(C)C)c2cc(OC)c(OC)cc12.